The van der Waals surface area contributed by atoms with Gasteiger partial charge in [-0.25, -0.2) is 4.98 Å². The predicted octanol–water partition coefficient (Wildman–Crippen LogP) is 3.18. The van der Waals surface area contributed by atoms with Gasteiger partial charge in [0.2, 0.25) is 5.91 Å². The zero-order valence-corrected chi connectivity index (χ0v) is 15.1. The second-order valence-electron chi connectivity index (χ2n) is 5.86. The van der Waals surface area contributed by atoms with E-state index in [4.69, 9.17) is 0 Å². The number of benzene rings is 1. The Bertz CT molecular complexity index is 832. The number of aryl methyl sites for hydroxylation is 2. The molecular weight excluding hydrogens is 332 g/mol. The van der Waals surface area contributed by atoms with Crippen LogP contribution in [-0.4, -0.2) is 32.7 Å². The van der Waals surface area contributed by atoms with E-state index in [1.165, 1.54) is 0 Å². The Hall–Kier alpha value is -2.34. The van der Waals surface area contributed by atoms with Crippen LogP contribution < -0.4 is 5.32 Å². The van der Waals surface area contributed by atoms with E-state index in [0.717, 1.165) is 41.1 Å². The molecule has 0 saturated heterocycles. The molecular formula is C19H22N4OS. The number of nitrogens with one attached hydrogen (secondary N) is 1. The Kier molecular flexibility index (Phi) is 6.06. The van der Waals surface area contributed by atoms with Crippen LogP contribution in [0.4, 0.5) is 0 Å². The van der Waals surface area contributed by atoms with Crippen molar-refractivity contribution < 1.29 is 4.79 Å². The third-order valence-corrected chi connectivity index (χ3v) is 4.95. The van der Waals surface area contributed by atoms with Crippen molar-refractivity contribution in [2.24, 2.45) is 0 Å². The molecule has 3 rings (SSSR count). The maximum atomic E-state index is 11.9. The number of amides is 1. The van der Waals surface area contributed by atoms with E-state index in [0.29, 0.717) is 12.3 Å². The molecule has 1 amide bonds. The number of pyridine rings is 1. The van der Waals surface area contributed by atoms with Gasteiger partial charge >= 0.3 is 0 Å². The van der Waals surface area contributed by atoms with Crippen molar-refractivity contribution in [3.8, 4) is 0 Å². The molecule has 1 aromatic carbocycles. The number of thioether (sulfide) groups is 1. The zero-order chi connectivity index (χ0) is 17.5. The molecule has 0 bridgehead atoms. The average molecular weight is 354 g/mol. The molecule has 0 spiro atoms. The Morgan fingerprint density at radius 3 is 2.96 bits per heavy atom. The summed E-state index contributed by atoms with van der Waals surface area (Å²) in [5, 5.41) is 2.99. The summed E-state index contributed by atoms with van der Waals surface area (Å²) in [6.07, 6.45) is 4.48. The summed E-state index contributed by atoms with van der Waals surface area (Å²) < 4.78 is 2.21. The number of nitrogens with zero attached hydrogens (tertiary/aromatic N) is 3. The summed E-state index contributed by atoms with van der Waals surface area (Å²) >= 11 is 1.61. The number of hydrogen-bond acceptors (Lipinski definition) is 4. The highest BCUT2D eigenvalue weighted by Gasteiger charge is 2.06. The van der Waals surface area contributed by atoms with Crippen molar-refractivity contribution in [2.75, 3.05) is 12.3 Å². The average Bonchev–Trinajstić information content (AvgIpc) is 2.95. The van der Waals surface area contributed by atoms with E-state index in [1.54, 1.807) is 18.0 Å². The second-order valence-corrected chi connectivity index (χ2v) is 6.84. The lowest BCUT2D eigenvalue weighted by atomic mass is 10.3. The Labute approximate surface area is 151 Å². The minimum atomic E-state index is 0.0844. The van der Waals surface area contributed by atoms with E-state index < -0.39 is 0 Å². The summed E-state index contributed by atoms with van der Waals surface area (Å²) in [6.45, 7) is 3.56. The van der Waals surface area contributed by atoms with Crippen LogP contribution in [0.3, 0.4) is 0 Å². The van der Waals surface area contributed by atoms with Crippen LogP contribution in [0.1, 0.15) is 17.8 Å². The van der Waals surface area contributed by atoms with E-state index in [9.17, 15) is 4.79 Å². The Morgan fingerprint density at radius 2 is 2.12 bits per heavy atom. The van der Waals surface area contributed by atoms with Gasteiger partial charge in [0.25, 0.3) is 0 Å². The maximum Gasteiger partial charge on any atom is 0.230 e. The van der Waals surface area contributed by atoms with E-state index in [2.05, 4.69) is 25.9 Å². The van der Waals surface area contributed by atoms with Crippen molar-refractivity contribution in [1.29, 1.82) is 0 Å². The van der Waals surface area contributed by atoms with Crippen LogP contribution >= 0.6 is 11.8 Å². The third-order valence-electron chi connectivity index (χ3n) is 3.95. The van der Waals surface area contributed by atoms with E-state index >= 15 is 0 Å². The van der Waals surface area contributed by atoms with Gasteiger partial charge in [-0.1, -0.05) is 18.2 Å². The van der Waals surface area contributed by atoms with Gasteiger partial charge in [0.1, 0.15) is 5.82 Å². The van der Waals surface area contributed by atoms with E-state index in [1.807, 2.05) is 43.5 Å². The molecule has 0 radical (unpaired) electrons. The molecule has 6 heteroatoms. The standard InChI is InChI=1S/C19H22N4OS/c1-15-22-17-7-2-3-8-18(17)23(15)11-5-10-21-19(24)14-25-13-16-6-4-9-20-12-16/h2-4,6-9,12H,5,10-11,13-14H2,1H3,(H,21,24). The fraction of sp³-hybridized carbons (Fsp3) is 0.316. The number of imidazole rings is 1. The Balaban J connectivity index is 1.38. The fourth-order valence-electron chi connectivity index (χ4n) is 2.74. The number of hydrogen-bond donors (Lipinski definition) is 1. The number of aromatic nitrogens is 3. The molecule has 0 aliphatic carbocycles. The van der Waals surface area contributed by atoms with Crippen molar-refractivity contribution in [1.82, 2.24) is 19.9 Å². The highest BCUT2D eigenvalue weighted by atomic mass is 32.2. The number of fused-ring (bicyclic) bond motifs is 1. The molecule has 2 heterocycles. The highest BCUT2D eigenvalue weighted by molar-refractivity contribution is 7.99. The molecule has 5 nitrogen and oxygen atoms in total. The minimum Gasteiger partial charge on any atom is -0.355 e. The van der Waals surface area contributed by atoms with Gasteiger partial charge in [0.05, 0.1) is 16.8 Å². The largest absolute Gasteiger partial charge is 0.355 e. The molecule has 0 aliphatic rings. The van der Waals surface area contributed by atoms with Gasteiger partial charge in [-0.15, -0.1) is 11.8 Å². The van der Waals surface area contributed by atoms with Gasteiger partial charge < -0.3 is 9.88 Å². The molecule has 1 N–H and O–H groups in total. The number of para-hydroxylation sites is 2. The lowest BCUT2D eigenvalue weighted by Crippen LogP contribution is -2.27. The fourth-order valence-corrected chi connectivity index (χ4v) is 3.54. The Morgan fingerprint density at radius 1 is 1.24 bits per heavy atom. The summed E-state index contributed by atoms with van der Waals surface area (Å²) in [5.41, 5.74) is 3.32. The monoisotopic (exact) mass is 354 g/mol. The number of carbonyl (C=O) groups excluding carboxylic acids is 1. The minimum absolute atomic E-state index is 0.0844. The molecule has 2 aromatic heterocycles. The van der Waals surface area contributed by atoms with Crippen LogP contribution in [0.15, 0.2) is 48.8 Å². The molecule has 0 saturated carbocycles. The van der Waals surface area contributed by atoms with Crippen LogP contribution in [-0.2, 0) is 17.1 Å². The van der Waals surface area contributed by atoms with Gasteiger partial charge in [-0.3, -0.25) is 9.78 Å². The summed E-state index contributed by atoms with van der Waals surface area (Å²) in [4.78, 5) is 20.5. The lowest BCUT2D eigenvalue weighted by molar-refractivity contribution is -0.118. The van der Waals surface area contributed by atoms with Crippen LogP contribution in [0.5, 0.6) is 0 Å². The van der Waals surface area contributed by atoms with Gasteiger partial charge in [-0.2, -0.15) is 0 Å². The normalized spacial score (nSPS) is 10.9. The van der Waals surface area contributed by atoms with Gasteiger partial charge in [-0.05, 0) is 37.1 Å². The van der Waals surface area contributed by atoms with E-state index in [-0.39, 0.29) is 5.91 Å². The molecule has 0 aliphatic heterocycles. The zero-order valence-electron chi connectivity index (χ0n) is 14.3. The topological polar surface area (TPSA) is 59.8 Å². The van der Waals surface area contributed by atoms with Crippen molar-refractivity contribution in [3.05, 3.63) is 60.2 Å². The van der Waals surface area contributed by atoms with Crippen LogP contribution in [0.25, 0.3) is 11.0 Å². The number of carbonyl (C=O) groups is 1. The first kappa shape index (κ1) is 17.5. The molecule has 25 heavy (non-hydrogen) atoms. The lowest BCUT2D eigenvalue weighted by Gasteiger charge is -2.08. The first-order chi connectivity index (χ1) is 12.2. The van der Waals surface area contributed by atoms with Gasteiger partial charge in [0, 0.05) is 31.2 Å². The molecule has 0 atom stereocenters. The smallest absolute Gasteiger partial charge is 0.230 e. The third kappa shape index (κ3) is 4.82. The highest BCUT2D eigenvalue weighted by Crippen LogP contribution is 2.15. The number of rotatable bonds is 8. The summed E-state index contributed by atoms with van der Waals surface area (Å²) in [7, 11) is 0. The quantitative estimate of drug-likeness (QED) is 0.631. The molecule has 130 valence electrons. The molecule has 0 unspecified atom stereocenters. The molecule has 0 fully saturated rings. The SMILES string of the molecule is Cc1nc2ccccc2n1CCCNC(=O)CSCc1cccnc1. The predicted molar refractivity (Wildman–Crippen MR) is 102 cm³/mol. The van der Waals surface area contributed by atoms with Crippen molar-refractivity contribution in [2.45, 2.75) is 25.6 Å². The van der Waals surface area contributed by atoms with Crippen LogP contribution in [0.2, 0.25) is 0 Å². The summed E-state index contributed by atoms with van der Waals surface area (Å²) in [6, 6.07) is 12.1. The summed E-state index contributed by atoms with van der Waals surface area (Å²) in [5.74, 6) is 2.38. The van der Waals surface area contributed by atoms with Gasteiger partial charge in [0.15, 0.2) is 0 Å². The van der Waals surface area contributed by atoms with Crippen molar-refractivity contribution in [3.63, 3.8) is 0 Å². The first-order valence-corrected chi connectivity index (χ1v) is 9.55. The van der Waals surface area contributed by atoms with Crippen LogP contribution in [0, 0.1) is 6.92 Å². The van der Waals surface area contributed by atoms with Crippen molar-refractivity contribution >= 4 is 28.7 Å². The second kappa shape index (κ2) is 8.67. The first-order valence-electron chi connectivity index (χ1n) is 8.39. The maximum absolute atomic E-state index is 11.9. The molecule has 3 aromatic rings.